The highest BCUT2D eigenvalue weighted by molar-refractivity contribution is 14.0. The molecule has 1 aromatic carbocycles. The molecule has 27 heavy (non-hydrogen) atoms. The maximum Gasteiger partial charge on any atom is 0.193 e. The maximum absolute atomic E-state index is 5.45. The van der Waals surface area contributed by atoms with Crippen molar-refractivity contribution in [3.05, 3.63) is 23.8 Å². The second-order valence-corrected chi connectivity index (χ2v) is 7.41. The molecule has 1 saturated heterocycles. The largest absolute Gasteiger partial charge is 0.493 e. The standard InChI is InChI=1S/C20H33N3O3.HI/c1-20(2,16-7-8-17(25-5)18(11-16)26-6)14-22-19(21-3)23-10-9-15(12-23)13-24-4;/h7-8,11,15H,9-10,12-14H2,1-6H3,(H,21,22);1H. The molecule has 0 radical (unpaired) electrons. The van der Waals surface area contributed by atoms with Gasteiger partial charge in [0.2, 0.25) is 0 Å². The number of benzene rings is 1. The van der Waals surface area contributed by atoms with Crippen LogP contribution in [0.3, 0.4) is 0 Å². The minimum Gasteiger partial charge on any atom is -0.493 e. The van der Waals surface area contributed by atoms with E-state index in [-0.39, 0.29) is 29.4 Å². The van der Waals surface area contributed by atoms with E-state index < -0.39 is 0 Å². The quantitative estimate of drug-likeness (QED) is 0.361. The van der Waals surface area contributed by atoms with Crippen LogP contribution < -0.4 is 14.8 Å². The van der Waals surface area contributed by atoms with Crippen molar-refractivity contribution in [1.82, 2.24) is 10.2 Å². The number of aliphatic imine (C=N–C) groups is 1. The summed E-state index contributed by atoms with van der Waals surface area (Å²) in [5.41, 5.74) is 1.11. The van der Waals surface area contributed by atoms with Gasteiger partial charge in [-0.05, 0) is 24.1 Å². The topological polar surface area (TPSA) is 55.3 Å². The zero-order valence-corrected chi connectivity index (χ0v) is 19.7. The second kappa shape index (κ2) is 10.9. The van der Waals surface area contributed by atoms with Crippen molar-refractivity contribution in [1.29, 1.82) is 0 Å². The van der Waals surface area contributed by atoms with Crippen LogP contribution in [0.15, 0.2) is 23.2 Å². The lowest BCUT2D eigenvalue weighted by molar-refractivity contribution is 0.157. The Labute approximate surface area is 180 Å². The summed E-state index contributed by atoms with van der Waals surface area (Å²) in [6.45, 7) is 8.03. The molecule has 0 aliphatic carbocycles. The third kappa shape index (κ3) is 6.14. The predicted molar refractivity (Wildman–Crippen MR) is 121 cm³/mol. The number of hydrogen-bond acceptors (Lipinski definition) is 4. The molecule has 0 bridgehead atoms. The lowest BCUT2D eigenvalue weighted by atomic mass is 9.84. The first kappa shape index (κ1) is 23.8. The van der Waals surface area contributed by atoms with Crippen molar-refractivity contribution in [2.24, 2.45) is 10.9 Å². The normalized spacial score (nSPS) is 17.5. The van der Waals surface area contributed by atoms with E-state index in [1.165, 1.54) is 5.56 Å². The molecule has 1 heterocycles. The third-order valence-corrected chi connectivity index (χ3v) is 5.05. The molecule has 1 unspecified atom stereocenters. The van der Waals surface area contributed by atoms with Gasteiger partial charge in [0.05, 0.1) is 20.8 Å². The fraction of sp³-hybridized carbons (Fsp3) is 0.650. The Bertz CT molecular complexity index is 622. The van der Waals surface area contributed by atoms with Gasteiger partial charge in [0.15, 0.2) is 17.5 Å². The lowest BCUT2D eigenvalue weighted by Gasteiger charge is -2.29. The molecule has 154 valence electrons. The van der Waals surface area contributed by atoms with Crippen LogP contribution in [0.4, 0.5) is 0 Å². The molecule has 0 amide bonds. The van der Waals surface area contributed by atoms with E-state index in [1.807, 2.05) is 19.2 Å². The Kier molecular flexibility index (Phi) is 9.66. The van der Waals surface area contributed by atoms with Gasteiger partial charge in [-0.1, -0.05) is 19.9 Å². The summed E-state index contributed by atoms with van der Waals surface area (Å²) < 4.78 is 16.1. The van der Waals surface area contributed by atoms with Crippen LogP contribution in [-0.2, 0) is 10.2 Å². The number of nitrogens with zero attached hydrogens (tertiary/aromatic N) is 2. The van der Waals surface area contributed by atoms with Crippen molar-refractivity contribution in [2.45, 2.75) is 25.7 Å². The number of hydrogen-bond donors (Lipinski definition) is 1. The SMILES string of the molecule is CN=C(NCC(C)(C)c1ccc(OC)c(OC)c1)N1CCC(COC)C1.I. The summed E-state index contributed by atoms with van der Waals surface area (Å²) in [6, 6.07) is 6.10. The monoisotopic (exact) mass is 491 g/mol. The number of methoxy groups -OCH3 is 3. The van der Waals surface area contributed by atoms with Crippen molar-refractivity contribution in [3.63, 3.8) is 0 Å². The molecule has 1 aliphatic rings. The molecular formula is C20H34IN3O3. The van der Waals surface area contributed by atoms with E-state index in [2.05, 4.69) is 35.1 Å². The molecule has 1 fully saturated rings. The summed E-state index contributed by atoms with van der Waals surface area (Å²) in [5, 5.41) is 3.54. The first-order valence-corrected chi connectivity index (χ1v) is 9.12. The summed E-state index contributed by atoms with van der Waals surface area (Å²) in [5.74, 6) is 3.04. The van der Waals surface area contributed by atoms with Crippen molar-refractivity contribution >= 4 is 29.9 Å². The van der Waals surface area contributed by atoms with E-state index in [0.717, 1.165) is 50.1 Å². The van der Waals surface area contributed by atoms with Crippen LogP contribution in [0.5, 0.6) is 11.5 Å². The first-order valence-electron chi connectivity index (χ1n) is 9.12. The Balaban J connectivity index is 0.00000364. The molecule has 6 nitrogen and oxygen atoms in total. The van der Waals surface area contributed by atoms with Gasteiger partial charge in [-0.15, -0.1) is 24.0 Å². The summed E-state index contributed by atoms with van der Waals surface area (Å²) in [7, 11) is 6.93. The zero-order chi connectivity index (χ0) is 19.2. The van der Waals surface area contributed by atoms with Gasteiger partial charge >= 0.3 is 0 Å². The van der Waals surface area contributed by atoms with Gasteiger partial charge in [0.25, 0.3) is 0 Å². The van der Waals surface area contributed by atoms with Crippen LogP contribution in [0, 0.1) is 5.92 Å². The zero-order valence-electron chi connectivity index (χ0n) is 17.4. The van der Waals surface area contributed by atoms with E-state index >= 15 is 0 Å². The minimum absolute atomic E-state index is 0. The summed E-state index contributed by atoms with van der Waals surface area (Å²) in [6.07, 6.45) is 1.15. The van der Waals surface area contributed by atoms with Crippen molar-refractivity contribution in [2.75, 3.05) is 54.6 Å². The molecule has 0 aromatic heterocycles. The van der Waals surface area contributed by atoms with Gasteiger partial charge in [-0.3, -0.25) is 4.99 Å². The minimum atomic E-state index is -0.0822. The van der Waals surface area contributed by atoms with Gasteiger partial charge < -0.3 is 24.4 Å². The highest BCUT2D eigenvalue weighted by Gasteiger charge is 2.27. The van der Waals surface area contributed by atoms with Crippen LogP contribution in [-0.4, -0.2) is 65.5 Å². The fourth-order valence-corrected chi connectivity index (χ4v) is 3.39. The van der Waals surface area contributed by atoms with Crippen LogP contribution in [0.1, 0.15) is 25.8 Å². The van der Waals surface area contributed by atoms with Gasteiger partial charge in [0.1, 0.15) is 0 Å². The van der Waals surface area contributed by atoms with Crippen molar-refractivity contribution in [3.8, 4) is 11.5 Å². The third-order valence-electron chi connectivity index (χ3n) is 5.05. The number of halogens is 1. The number of ether oxygens (including phenoxy) is 3. The summed E-state index contributed by atoms with van der Waals surface area (Å²) in [4.78, 5) is 6.78. The number of likely N-dealkylation sites (tertiary alicyclic amines) is 1. The van der Waals surface area contributed by atoms with Crippen LogP contribution in [0.25, 0.3) is 0 Å². The van der Waals surface area contributed by atoms with Gasteiger partial charge in [-0.2, -0.15) is 0 Å². The molecule has 0 saturated carbocycles. The number of nitrogens with one attached hydrogen (secondary N) is 1. The second-order valence-electron chi connectivity index (χ2n) is 7.41. The molecule has 1 N–H and O–H groups in total. The lowest BCUT2D eigenvalue weighted by Crippen LogP contribution is -2.45. The van der Waals surface area contributed by atoms with Crippen LogP contribution in [0.2, 0.25) is 0 Å². The van der Waals surface area contributed by atoms with E-state index in [1.54, 1.807) is 21.3 Å². The Hall–Kier alpha value is -1.22. The Morgan fingerprint density at radius 3 is 2.52 bits per heavy atom. The van der Waals surface area contributed by atoms with E-state index in [9.17, 15) is 0 Å². The molecule has 2 rings (SSSR count). The Morgan fingerprint density at radius 1 is 1.22 bits per heavy atom. The molecule has 1 aliphatic heterocycles. The molecule has 1 atom stereocenters. The van der Waals surface area contributed by atoms with E-state index in [4.69, 9.17) is 14.2 Å². The predicted octanol–water partition coefficient (Wildman–Crippen LogP) is 3.14. The highest BCUT2D eigenvalue weighted by atomic mass is 127. The number of rotatable bonds is 7. The highest BCUT2D eigenvalue weighted by Crippen LogP contribution is 2.33. The van der Waals surface area contributed by atoms with Crippen molar-refractivity contribution < 1.29 is 14.2 Å². The van der Waals surface area contributed by atoms with E-state index in [0.29, 0.717) is 5.92 Å². The molecule has 7 heteroatoms. The van der Waals surface area contributed by atoms with Gasteiger partial charge in [0, 0.05) is 45.1 Å². The smallest absolute Gasteiger partial charge is 0.193 e. The summed E-state index contributed by atoms with van der Waals surface area (Å²) >= 11 is 0. The maximum atomic E-state index is 5.45. The van der Waals surface area contributed by atoms with Gasteiger partial charge in [-0.25, -0.2) is 0 Å². The average molecular weight is 491 g/mol. The first-order chi connectivity index (χ1) is 12.4. The Morgan fingerprint density at radius 2 is 1.93 bits per heavy atom. The molecule has 0 spiro atoms. The molecular weight excluding hydrogens is 457 g/mol. The fourth-order valence-electron chi connectivity index (χ4n) is 3.39. The number of guanidine groups is 1. The van der Waals surface area contributed by atoms with Crippen LogP contribution >= 0.6 is 24.0 Å². The molecule has 1 aromatic rings. The average Bonchev–Trinajstić information content (AvgIpc) is 3.10.